The average molecular weight is 393 g/mol. The van der Waals surface area contributed by atoms with E-state index in [1.807, 2.05) is 24.3 Å². The fourth-order valence-electron chi connectivity index (χ4n) is 4.35. The van der Waals surface area contributed by atoms with Gasteiger partial charge in [-0.25, -0.2) is 12.7 Å². The summed E-state index contributed by atoms with van der Waals surface area (Å²) in [5.74, 6) is 1.07. The van der Waals surface area contributed by atoms with Crippen molar-refractivity contribution in [3.63, 3.8) is 0 Å². The van der Waals surface area contributed by atoms with Crippen LogP contribution in [-0.4, -0.2) is 61.6 Å². The minimum atomic E-state index is -3.13. The maximum atomic E-state index is 12.5. The molecular weight excluding hydrogens is 364 g/mol. The first-order valence-corrected chi connectivity index (χ1v) is 11.3. The van der Waals surface area contributed by atoms with Crippen LogP contribution in [0.1, 0.15) is 50.0 Å². The maximum absolute atomic E-state index is 12.5. The molecule has 1 spiro atoms. The molecule has 0 radical (unpaired) electrons. The number of sulfonamides is 1. The molecule has 1 amide bonds. The molecule has 2 fully saturated rings. The summed E-state index contributed by atoms with van der Waals surface area (Å²) < 4.78 is 33.2. The van der Waals surface area contributed by atoms with Crippen LogP contribution in [-0.2, 0) is 14.8 Å². The first-order chi connectivity index (χ1) is 12.8. The molecule has 1 saturated heterocycles. The predicted molar refractivity (Wildman–Crippen MR) is 103 cm³/mol. The number of carbonyl (C=O) groups is 1. The number of ether oxygens (including phenoxy) is 1. The molecule has 0 aromatic heterocycles. The highest BCUT2D eigenvalue weighted by Crippen LogP contribution is 2.47. The minimum Gasteiger partial charge on any atom is -0.487 e. The van der Waals surface area contributed by atoms with E-state index in [0.717, 1.165) is 30.6 Å². The number of fused-ring (bicyclic) bond motifs is 1. The van der Waals surface area contributed by atoms with Gasteiger partial charge in [-0.3, -0.25) is 4.79 Å². The van der Waals surface area contributed by atoms with Crippen molar-refractivity contribution in [3.8, 4) is 5.75 Å². The van der Waals surface area contributed by atoms with Crippen molar-refractivity contribution in [1.29, 1.82) is 0 Å². The molecule has 4 rings (SSSR count). The van der Waals surface area contributed by atoms with Crippen molar-refractivity contribution in [1.82, 2.24) is 9.21 Å². The molecule has 1 atom stereocenters. The lowest BCUT2D eigenvalue weighted by Crippen LogP contribution is -2.52. The highest BCUT2D eigenvalue weighted by Gasteiger charge is 2.48. The van der Waals surface area contributed by atoms with Crippen molar-refractivity contribution >= 4 is 15.9 Å². The largest absolute Gasteiger partial charge is 0.487 e. The number of hydrogen-bond acceptors (Lipinski definition) is 4. The van der Waals surface area contributed by atoms with E-state index in [0.29, 0.717) is 32.4 Å². The fourth-order valence-corrected chi connectivity index (χ4v) is 6.20. The molecule has 27 heavy (non-hydrogen) atoms. The zero-order chi connectivity index (χ0) is 19.2. The first-order valence-electron chi connectivity index (χ1n) is 9.78. The Morgan fingerprint density at radius 2 is 1.89 bits per heavy atom. The van der Waals surface area contributed by atoms with Crippen LogP contribution < -0.4 is 4.74 Å². The Balaban J connectivity index is 1.53. The second-order valence-electron chi connectivity index (χ2n) is 8.36. The highest BCUT2D eigenvalue weighted by molar-refractivity contribution is 7.90. The molecule has 148 valence electrons. The number of para-hydroxylation sites is 1. The summed E-state index contributed by atoms with van der Waals surface area (Å²) in [7, 11) is 0.433. The van der Waals surface area contributed by atoms with Gasteiger partial charge in [-0.15, -0.1) is 0 Å². The fraction of sp³-hybridized carbons (Fsp3) is 0.650. The van der Waals surface area contributed by atoms with Gasteiger partial charge in [-0.2, -0.15) is 0 Å². The summed E-state index contributed by atoms with van der Waals surface area (Å²) in [5, 5.41) is -0.162. The summed E-state index contributed by atoms with van der Waals surface area (Å²) in [6.45, 7) is 1.02. The van der Waals surface area contributed by atoms with Crippen LogP contribution in [0.4, 0.5) is 0 Å². The predicted octanol–water partition coefficient (Wildman–Crippen LogP) is 2.36. The van der Waals surface area contributed by atoms with Crippen LogP contribution in [0.5, 0.6) is 5.75 Å². The number of nitrogens with zero attached hydrogens (tertiary/aromatic N) is 2. The van der Waals surface area contributed by atoms with Gasteiger partial charge in [0.1, 0.15) is 11.4 Å². The molecule has 2 heterocycles. The molecule has 1 aromatic rings. The lowest BCUT2D eigenvalue weighted by Gasteiger charge is -2.46. The summed E-state index contributed by atoms with van der Waals surface area (Å²) in [4.78, 5) is 14.0. The summed E-state index contributed by atoms with van der Waals surface area (Å²) in [6.07, 6.45) is 4.17. The van der Waals surface area contributed by atoms with Crippen molar-refractivity contribution in [2.24, 2.45) is 0 Å². The Labute approximate surface area is 161 Å². The molecule has 3 aliphatic rings. The summed E-state index contributed by atoms with van der Waals surface area (Å²) in [5.41, 5.74) is 0.715. The van der Waals surface area contributed by atoms with Crippen molar-refractivity contribution in [2.75, 3.05) is 27.2 Å². The van der Waals surface area contributed by atoms with Crippen molar-refractivity contribution in [2.45, 2.75) is 55.3 Å². The molecule has 0 N–H and O–H groups in total. The number of amides is 1. The van der Waals surface area contributed by atoms with E-state index in [1.54, 1.807) is 23.3 Å². The normalized spacial score (nSPS) is 24.9. The SMILES string of the molecule is CN(C)C(=O)C[C@@H]1CC2(CCN(S(=O)(=O)C3CC3)CC2)Oc2ccccc21. The van der Waals surface area contributed by atoms with Gasteiger partial charge in [0.05, 0.1) is 5.25 Å². The molecular formula is C20H28N2O4S. The Morgan fingerprint density at radius 1 is 1.22 bits per heavy atom. The van der Waals surface area contributed by atoms with Crippen LogP contribution in [0.2, 0.25) is 0 Å². The van der Waals surface area contributed by atoms with E-state index in [4.69, 9.17) is 4.74 Å². The van der Waals surface area contributed by atoms with E-state index in [1.165, 1.54) is 0 Å². The highest BCUT2D eigenvalue weighted by atomic mass is 32.2. The quantitative estimate of drug-likeness (QED) is 0.789. The van der Waals surface area contributed by atoms with E-state index in [9.17, 15) is 13.2 Å². The van der Waals surface area contributed by atoms with Gasteiger partial charge < -0.3 is 9.64 Å². The molecule has 0 unspecified atom stereocenters. The monoisotopic (exact) mass is 392 g/mol. The van der Waals surface area contributed by atoms with Crippen LogP contribution in [0.15, 0.2) is 24.3 Å². The van der Waals surface area contributed by atoms with Gasteiger partial charge in [-0.1, -0.05) is 18.2 Å². The Kier molecular flexibility index (Phi) is 4.71. The summed E-state index contributed by atoms with van der Waals surface area (Å²) >= 11 is 0. The third kappa shape index (κ3) is 3.59. The van der Waals surface area contributed by atoms with E-state index in [-0.39, 0.29) is 22.7 Å². The number of carbonyl (C=O) groups excluding carboxylic acids is 1. The minimum absolute atomic E-state index is 0.108. The average Bonchev–Trinajstić information content (AvgIpc) is 3.47. The first kappa shape index (κ1) is 18.7. The summed E-state index contributed by atoms with van der Waals surface area (Å²) in [6, 6.07) is 7.95. The second-order valence-corrected chi connectivity index (χ2v) is 10.6. The smallest absolute Gasteiger partial charge is 0.222 e. The van der Waals surface area contributed by atoms with Crippen LogP contribution in [0.25, 0.3) is 0 Å². The number of benzene rings is 1. The van der Waals surface area contributed by atoms with Crippen LogP contribution in [0.3, 0.4) is 0 Å². The van der Waals surface area contributed by atoms with E-state index < -0.39 is 10.0 Å². The molecule has 1 saturated carbocycles. The molecule has 1 aliphatic carbocycles. The molecule has 0 bridgehead atoms. The third-order valence-corrected chi connectivity index (χ3v) is 8.56. The van der Waals surface area contributed by atoms with Gasteiger partial charge >= 0.3 is 0 Å². The van der Waals surface area contributed by atoms with Gasteiger partial charge in [0, 0.05) is 52.4 Å². The Hall–Kier alpha value is -1.60. The number of rotatable bonds is 4. The van der Waals surface area contributed by atoms with Crippen molar-refractivity contribution in [3.05, 3.63) is 29.8 Å². The number of piperidine rings is 1. The maximum Gasteiger partial charge on any atom is 0.222 e. The van der Waals surface area contributed by atoms with Gasteiger partial charge in [-0.05, 0) is 30.9 Å². The van der Waals surface area contributed by atoms with Crippen LogP contribution >= 0.6 is 0 Å². The second kappa shape index (κ2) is 6.78. The molecule has 6 nitrogen and oxygen atoms in total. The third-order valence-electron chi connectivity index (χ3n) is 6.16. The van der Waals surface area contributed by atoms with E-state index >= 15 is 0 Å². The van der Waals surface area contributed by atoms with E-state index in [2.05, 4.69) is 0 Å². The topological polar surface area (TPSA) is 66.9 Å². The van der Waals surface area contributed by atoms with Crippen molar-refractivity contribution < 1.29 is 17.9 Å². The zero-order valence-electron chi connectivity index (χ0n) is 16.1. The lowest BCUT2D eigenvalue weighted by atomic mass is 9.76. The number of hydrogen-bond donors (Lipinski definition) is 0. The standard InChI is InChI=1S/C20H28N2O4S/c1-21(2)19(23)13-15-14-20(26-18-6-4-3-5-17(15)18)9-11-22(12-10-20)27(24,25)16-7-8-16/h3-6,15-16H,7-14H2,1-2H3/t15-/m1/s1. The Morgan fingerprint density at radius 3 is 2.52 bits per heavy atom. The van der Waals surface area contributed by atoms with Gasteiger partial charge in [0.15, 0.2) is 0 Å². The molecule has 7 heteroatoms. The molecule has 2 aliphatic heterocycles. The zero-order valence-corrected chi connectivity index (χ0v) is 16.9. The molecule has 1 aromatic carbocycles. The van der Waals surface area contributed by atoms with Gasteiger partial charge in [0.2, 0.25) is 15.9 Å². The Bertz CT molecular complexity index is 824. The van der Waals surface area contributed by atoms with Gasteiger partial charge in [0.25, 0.3) is 0 Å². The van der Waals surface area contributed by atoms with Crippen LogP contribution in [0, 0.1) is 0 Å². The lowest BCUT2D eigenvalue weighted by molar-refractivity contribution is -0.129.